The predicted molar refractivity (Wildman–Crippen MR) is 84.2 cm³/mol. The third-order valence-corrected chi connectivity index (χ3v) is 4.64. The Kier molecular flexibility index (Phi) is 3.97. The molecule has 1 aromatic heterocycles. The summed E-state index contributed by atoms with van der Waals surface area (Å²) in [4.78, 5) is 25.6. The van der Waals surface area contributed by atoms with Crippen LogP contribution in [0.4, 0.5) is 0 Å². The van der Waals surface area contributed by atoms with Crippen LogP contribution in [0, 0.1) is 6.92 Å². The maximum atomic E-state index is 12.1. The summed E-state index contributed by atoms with van der Waals surface area (Å²) in [6.45, 7) is 1.84. The minimum Gasteiger partial charge on any atom is -0.469 e. The molecule has 0 unspecified atom stereocenters. The predicted octanol–water partition coefficient (Wildman–Crippen LogP) is -0.153. The standard InChI is InChI=1S/C14H14N4O5S/c1-9-11(4-6-23-9)14(20)16-15-13(19)10-2-3-12-17-24(21,22)7-5-18(12)8-10/h2-4,6,8H,5,7H2,1H3,(H,15,19)(H,16,20). The highest BCUT2D eigenvalue weighted by atomic mass is 32.2. The van der Waals surface area contributed by atoms with E-state index in [2.05, 4.69) is 15.2 Å². The van der Waals surface area contributed by atoms with Crippen LogP contribution in [-0.4, -0.2) is 43.3 Å². The highest BCUT2D eigenvalue weighted by Crippen LogP contribution is 2.15. The number of hydrazine groups is 1. The van der Waals surface area contributed by atoms with Crippen molar-refractivity contribution in [1.82, 2.24) is 15.8 Å². The summed E-state index contributed by atoms with van der Waals surface area (Å²) in [7, 11) is -3.44. The quantitative estimate of drug-likeness (QED) is 0.715. The van der Waals surface area contributed by atoms with Crippen LogP contribution in [0.25, 0.3) is 0 Å². The Hall–Kier alpha value is -2.88. The molecule has 24 heavy (non-hydrogen) atoms. The smallest absolute Gasteiger partial charge is 0.273 e. The molecule has 3 heterocycles. The molecular weight excluding hydrogens is 336 g/mol. The molecule has 0 aromatic carbocycles. The number of amides is 2. The van der Waals surface area contributed by atoms with Crippen LogP contribution in [0.5, 0.6) is 0 Å². The Labute approximate surface area is 137 Å². The SMILES string of the molecule is Cc1occc1C(=O)NNC(=O)C1=CN2CCS(=O)(=O)N=C2C=C1. The van der Waals surface area contributed by atoms with Crippen molar-refractivity contribution in [3.05, 3.63) is 47.6 Å². The number of amidine groups is 1. The van der Waals surface area contributed by atoms with E-state index in [1.165, 1.54) is 30.7 Å². The number of sulfonamides is 1. The van der Waals surface area contributed by atoms with Crippen molar-refractivity contribution in [2.75, 3.05) is 12.3 Å². The zero-order valence-corrected chi connectivity index (χ0v) is 13.5. The number of hydrogen-bond donors (Lipinski definition) is 2. The molecule has 0 bridgehead atoms. The van der Waals surface area contributed by atoms with Gasteiger partial charge in [0.25, 0.3) is 21.8 Å². The van der Waals surface area contributed by atoms with Crippen LogP contribution in [0.15, 0.2) is 45.1 Å². The molecule has 3 rings (SSSR count). The first-order valence-electron chi connectivity index (χ1n) is 7.00. The van der Waals surface area contributed by atoms with Gasteiger partial charge in [0.05, 0.1) is 23.2 Å². The lowest BCUT2D eigenvalue weighted by Crippen LogP contribution is -2.43. The fraction of sp³-hybridized carbons (Fsp3) is 0.214. The zero-order valence-electron chi connectivity index (χ0n) is 12.6. The zero-order chi connectivity index (χ0) is 17.3. The molecule has 126 valence electrons. The Bertz CT molecular complexity index is 894. The van der Waals surface area contributed by atoms with Crippen LogP contribution in [0.1, 0.15) is 16.1 Å². The van der Waals surface area contributed by atoms with Gasteiger partial charge in [-0.3, -0.25) is 20.4 Å². The lowest BCUT2D eigenvalue weighted by atomic mass is 10.2. The van der Waals surface area contributed by atoms with E-state index in [9.17, 15) is 18.0 Å². The molecule has 2 aliphatic heterocycles. The molecule has 0 aliphatic carbocycles. The molecule has 2 N–H and O–H groups in total. The molecule has 2 amide bonds. The van der Waals surface area contributed by atoms with Crippen molar-refractivity contribution >= 4 is 27.7 Å². The second-order valence-electron chi connectivity index (χ2n) is 5.15. The molecule has 1 aromatic rings. The first kappa shape index (κ1) is 16.0. The summed E-state index contributed by atoms with van der Waals surface area (Å²) >= 11 is 0. The summed E-state index contributed by atoms with van der Waals surface area (Å²) in [6.07, 6.45) is 5.73. The second-order valence-corrected chi connectivity index (χ2v) is 6.90. The van der Waals surface area contributed by atoms with Gasteiger partial charge in [0.15, 0.2) is 0 Å². The van der Waals surface area contributed by atoms with Gasteiger partial charge in [0.1, 0.15) is 11.6 Å². The number of carbonyl (C=O) groups is 2. The van der Waals surface area contributed by atoms with Crippen molar-refractivity contribution in [3.8, 4) is 0 Å². The summed E-state index contributed by atoms with van der Waals surface area (Å²) in [6, 6.07) is 1.49. The topological polar surface area (TPSA) is 121 Å². The minimum absolute atomic E-state index is 0.119. The highest BCUT2D eigenvalue weighted by Gasteiger charge is 2.25. The maximum Gasteiger partial charge on any atom is 0.273 e. The molecule has 0 atom stereocenters. The molecule has 0 saturated heterocycles. The molecule has 0 fully saturated rings. The molecule has 10 heteroatoms. The van der Waals surface area contributed by atoms with Gasteiger partial charge in [-0.15, -0.1) is 4.40 Å². The molecule has 0 saturated carbocycles. The highest BCUT2D eigenvalue weighted by molar-refractivity contribution is 7.90. The van der Waals surface area contributed by atoms with E-state index >= 15 is 0 Å². The van der Waals surface area contributed by atoms with Gasteiger partial charge in [0.2, 0.25) is 0 Å². The van der Waals surface area contributed by atoms with Gasteiger partial charge < -0.3 is 9.32 Å². The van der Waals surface area contributed by atoms with Crippen molar-refractivity contribution in [3.63, 3.8) is 0 Å². The average Bonchev–Trinajstić information content (AvgIpc) is 2.97. The van der Waals surface area contributed by atoms with Crippen molar-refractivity contribution in [2.45, 2.75) is 6.92 Å². The number of fused-ring (bicyclic) bond motifs is 1. The van der Waals surface area contributed by atoms with Crippen LogP contribution in [0.2, 0.25) is 0 Å². The normalized spacial score (nSPS) is 18.3. The Morgan fingerprint density at radius 3 is 2.71 bits per heavy atom. The van der Waals surface area contributed by atoms with Crippen molar-refractivity contribution in [2.24, 2.45) is 4.40 Å². The Morgan fingerprint density at radius 2 is 2.00 bits per heavy atom. The number of nitrogens with zero attached hydrogens (tertiary/aromatic N) is 2. The monoisotopic (exact) mass is 350 g/mol. The third-order valence-electron chi connectivity index (χ3n) is 3.48. The molecule has 9 nitrogen and oxygen atoms in total. The average molecular weight is 350 g/mol. The maximum absolute atomic E-state index is 12.1. The summed E-state index contributed by atoms with van der Waals surface area (Å²) < 4.78 is 31.5. The summed E-state index contributed by atoms with van der Waals surface area (Å²) in [5.74, 6) is -0.453. The molecule has 2 aliphatic rings. The van der Waals surface area contributed by atoms with Crippen molar-refractivity contribution in [1.29, 1.82) is 0 Å². The van der Waals surface area contributed by atoms with Crippen LogP contribution in [0.3, 0.4) is 0 Å². The van der Waals surface area contributed by atoms with Gasteiger partial charge in [-0.2, -0.15) is 0 Å². The first-order chi connectivity index (χ1) is 11.4. The van der Waals surface area contributed by atoms with E-state index in [0.29, 0.717) is 11.3 Å². The molecule has 0 radical (unpaired) electrons. The number of nitrogens with one attached hydrogen (secondary N) is 2. The van der Waals surface area contributed by atoms with Crippen LogP contribution >= 0.6 is 0 Å². The van der Waals surface area contributed by atoms with Gasteiger partial charge in [-0.25, -0.2) is 8.42 Å². The van der Waals surface area contributed by atoms with E-state index in [1.807, 2.05) is 0 Å². The van der Waals surface area contributed by atoms with E-state index < -0.39 is 21.8 Å². The lowest BCUT2D eigenvalue weighted by Gasteiger charge is -2.26. The minimum atomic E-state index is -3.44. The van der Waals surface area contributed by atoms with Crippen LogP contribution in [-0.2, 0) is 14.8 Å². The fourth-order valence-corrected chi connectivity index (χ4v) is 3.18. The van der Waals surface area contributed by atoms with E-state index in [1.54, 1.807) is 11.8 Å². The summed E-state index contributed by atoms with van der Waals surface area (Å²) in [5, 5.41) is 0. The van der Waals surface area contributed by atoms with E-state index in [0.717, 1.165) is 0 Å². The lowest BCUT2D eigenvalue weighted by molar-refractivity contribution is -0.118. The second kappa shape index (κ2) is 5.96. The van der Waals surface area contributed by atoms with Gasteiger partial charge >= 0.3 is 0 Å². The molecular formula is C14H14N4O5S. The third kappa shape index (κ3) is 3.23. The number of rotatable bonds is 2. The fourth-order valence-electron chi connectivity index (χ4n) is 2.21. The van der Waals surface area contributed by atoms with Gasteiger partial charge in [-0.1, -0.05) is 0 Å². The number of hydrogen-bond acceptors (Lipinski definition) is 6. The largest absolute Gasteiger partial charge is 0.469 e. The first-order valence-corrected chi connectivity index (χ1v) is 8.60. The van der Waals surface area contributed by atoms with E-state index in [4.69, 9.17) is 4.42 Å². The number of carbonyl (C=O) groups excluding carboxylic acids is 2. The number of furan rings is 1. The van der Waals surface area contributed by atoms with Gasteiger partial charge in [0, 0.05) is 12.7 Å². The number of aryl methyl sites for hydroxylation is 1. The summed E-state index contributed by atoms with van der Waals surface area (Å²) in [5.41, 5.74) is 5.17. The molecule has 0 spiro atoms. The van der Waals surface area contributed by atoms with Gasteiger partial charge in [-0.05, 0) is 25.1 Å². The Balaban J connectivity index is 1.65. The van der Waals surface area contributed by atoms with E-state index in [-0.39, 0.29) is 23.7 Å². The van der Waals surface area contributed by atoms with Crippen molar-refractivity contribution < 1.29 is 22.4 Å². The van der Waals surface area contributed by atoms with Crippen LogP contribution < -0.4 is 10.9 Å². The Morgan fingerprint density at radius 1 is 1.25 bits per heavy atom.